The van der Waals surface area contributed by atoms with Crippen molar-refractivity contribution in [1.29, 1.82) is 0 Å². The molecule has 0 spiro atoms. The quantitative estimate of drug-likeness (QED) is 0.860. The predicted octanol–water partition coefficient (Wildman–Crippen LogP) is 4.16. The summed E-state index contributed by atoms with van der Waals surface area (Å²) < 4.78 is 49.1. The number of benzene rings is 1. The van der Waals surface area contributed by atoms with E-state index in [0.29, 0.717) is 17.4 Å². The lowest BCUT2D eigenvalue weighted by atomic mass is 10.1. The van der Waals surface area contributed by atoms with Crippen LogP contribution in [0.3, 0.4) is 0 Å². The number of halogens is 3. The van der Waals surface area contributed by atoms with E-state index in [1.54, 1.807) is 12.3 Å². The topological polar surface area (TPSA) is 48.3 Å². The zero-order valence-corrected chi connectivity index (χ0v) is 14.7. The van der Waals surface area contributed by atoms with E-state index in [2.05, 4.69) is 15.2 Å². The molecule has 1 fully saturated rings. The number of hydrogen-bond acceptors (Lipinski definition) is 4. The number of alkyl halides is 3. The average molecular weight is 369 g/mol. The van der Waals surface area contributed by atoms with E-state index in [0.717, 1.165) is 31.5 Å². The molecule has 142 valence electrons. The summed E-state index contributed by atoms with van der Waals surface area (Å²) in [7, 11) is 0. The van der Waals surface area contributed by atoms with Gasteiger partial charge in [0, 0.05) is 23.4 Å². The Bertz CT molecular complexity index is 738. The Labute approximate surface area is 150 Å². The number of nitrogens with zero attached hydrogens (tertiary/aromatic N) is 2. The average Bonchev–Trinajstić information content (AvgIpc) is 3.03. The first-order valence-corrected chi connectivity index (χ1v) is 8.63. The van der Waals surface area contributed by atoms with E-state index in [1.165, 1.54) is 12.1 Å². The highest BCUT2D eigenvalue weighted by atomic mass is 19.4. The van der Waals surface area contributed by atoms with Crippen LogP contribution in [-0.4, -0.2) is 35.3 Å². The maximum atomic E-state index is 12.5. The van der Waals surface area contributed by atoms with Crippen molar-refractivity contribution in [2.75, 3.05) is 13.1 Å². The zero-order valence-electron chi connectivity index (χ0n) is 14.7. The molecule has 1 aromatic heterocycles. The highest BCUT2D eigenvalue weighted by Gasteiger charge is 2.31. The van der Waals surface area contributed by atoms with Crippen LogP contribution in [0.2, 0.25) is 0 Å². The third-order valence-corrected chi connectivity index (χ3v) is 4.14. The van der Waals surface area contributed by atoms with Gasteiger partial charge in [0.25, 0.3) is 0 Å². The molecule has 0 bridgehead atoms. The molecule has 5 nitrogen and oxygen atoms in total. The van der Waals surface area contributed by atoms with E-state index in [4.69, 9.17) is 4.74 Å². The van der Waals surface area contributed by atoms with Gasteiger partial charge in [0.2, 0.25) is 0 Å². The van der Waals surface area contributed by atoms with Gasteiger partial charge in [-0.2, -0.15) is 5.10 Å². The lowest BCUT2D eigenvalue weighted by Gasteiger charge is -2.22. The van der Waals surface area contributed by atoms with Gasteiger partial charge in [0.05, 0.1) is 18.3 Å². The Balaban J connectivity index is 1.89. The minimum Gasteiger partial charge on any atom is -0.490 e. The fourth-order valence-electron chi connectivity index (χ4n) is 3.04. The summed E-state index contributed by atoms with van der Waals surface area (Å²) in [5, 5.41) is 7.75. The summed E-state index contributed by atoms with van der Waals surface area (Å²) in [6.45, 7) is 5.54. The van der Waals surface area contributed by atoms with Crippen molar-refractivity contribution in [3.63, 3.8) is 0 Å². The molecule has 8 heteroatoms. The van der Waals surface area contributed by atoms with Gasteiger partial charge in [-0.05, 0) is 51.9 Å². The number of aromatic nitrogens is 2. The van der Waals surface area contributed by atoms with Crippen molar-refractivity contribution in [2.45, 2.75) is 45.2 Å². The molecular weight excluding hydrogens is 347 g/mol. The van der Waals surface area contributed by atoms with Crippen LogP contribution in [0.15, 0.2) is 30.6 Å². The van der Waals surface area contributed by atoms with Crippen molar-refractivity contribution >= 4 is 0 Å². The summed E-state index contributed by atoms with van der Waals surface area (Å²) in [5.74, 6) is 0.0363. The molecule has 1 aromatic carbocycles. The Hall–Kier alpha value is -2.22. The summed E-state index contributed by atoms with van der Waals surface area (Å²) in [4.78, 5) is 0. The van der Waals surface area contributed by atoms with E-state index < -0.39 is 6.36 Å². The summed E-state index contributed by atoms with van der Waals surface area (Å²) >= 11 is 0. The number of piperidine rings is 1. The van der Waals surface area contributed by atoms with Gasteiger partial charge >= 0.3 is 6.36 Å². The monoisotopic (exact) mass is 369 g/mol. The third kappa shape index (κ3) is 4.69. The van der Waals surface area contributed by atoms with Crippen LogP contribution < -0.4 is 14.8 Å². The van der Waals surface area contributed by atoms with Crippen LogP contribution in [-0.2, 0) is 0 Å². The van der Waals surface area contributed by atoms with Crippen molar-refractivity contribution in [3.05, 3.63) is 30.6 Å². The van der Waals surface area contributed by atoms with Gasteiger partial charge in [-0.15, -0.1) is 13.2 Å². The fraction of sp³-hybridized carbons (Fsp3) is 0.500. The molecule has 0 unspecified atom stereocenters. The number of ether oxygens (including phenoxy) is 2. The Morgan fingerprint density at radius 2 is 1.96 bits per heavy atom. The molecule has 2 aromatic rings. The minimum absolute atomic E-state index is 0.186. The highest BCUT2D eigenvalue weighted by molar-refractivity contribution is 5.70. The number of hydrogen-bond donors (Lipinski definition) is 1. The lowest BCUT2D eigenvalue weighted by molar-refractivity contribution is -0.274. The van der Waals surface area contributed by atoms with Gasteiger partial charge in [-0.25, -0.2) is 0 Å². The van der Waals surface area contributed by atoms with Crippen LogP contribution in [0, 0.1) is 0 Å². The molecule has 0 amide bonds. The summed E-state index contributed by atoms with van der Waals surface area (Å²) in [6.07, 6.45) is 0.701. The Kier molecular flexibility index (Phi) is 5.41. The molecule has 0 aliphatic carbocycles. The predicted molar refractivity (Wildman–Crippen MR) is 91.3 cm³/mol. The van der Waals surface area contributed by atoms with E-state index >= 15 is 0 Å². The smallest absolute Gasteiger partial charge is 0.490 e. The van der Waals surface area contributed by atoms with Crippen molar-refractivity contribution < 1.29 is 22.6 Å². The molecule has 1 aliphatic rings. The Morgan fingerprint density at radius 3 is 2.62 bits per heavy atom. The molecule has 1 aliphatic heterocycles. The minimum atomic E-state index is -4.74. The summed E-state index contributed by atoms with van der Waals surface area (Å²) in [6, 6.07) is 4.46. The van der Waals surface area contributed by atoms with Crippen LogP contribution in [0.4, 0.5) is 13.2 Å². The van der Waals surface area contributed by atoms with Gasteiger partial charge < -0.3 is 14.8 Å². The maximum absolute atomic E-state index is 12.5. The SMILES string of the molecule is CC(C)Oc1cc(OC(F)(F)F)ccc1-c1cnn(C2CCNCC2)c1. The number of nitrogens with one attached hydrogen (secondary N) is 1. The second-order valence-corrected chi connectivity index (χ2v) is 6.56. The first-order valence-electron chi connectivity index (χ1n) is 8.63. The van der Waals surface area contributed by atoms with Crippen LogP contribution in [0.25, 0.3) is 11.1 Å². The molecule has 0 radical (unpaired) electrons. The molecule has 26 heavy (non-hydrogen) atoms. The van der Waals surface area contributed by atoms with Gasteiger partial charge in [-0.3, -0.25) is 4.68 Å². The van der Waals surface area contributed by atoms with E-state index in [-0.39, 0.29) is 11.9 Å². The first kappa shape index (κ1) is 18.6. The normalized spacial score (nSPS) is 16.1. The molecular formula is C18H22F3N3O2. The van der Waals surface area contributed by atoms with E-state index in [1.807, 2.05) is 24.7 Å². The van der Waals surface area contributed by atoms with Crippen LogP contribution in [0.5, 0.6) is 11.5 Å². The van der Waals surface area contributed by atoms with Crippen LogP contribution in [0.1, 0.15) is 32.7 Å². The maximum Gasteiger partial charge on any atom is 0.573 e. The van der Waals surface area contributed by atoms with Gasteiger partial charge in [-0.1, -0.05) is 0 Å². The molecule has 0 atom stereocenters. The first-order chi connectivity index (χ1) is 12.3. The molecule has 0 saturated carbocycles. The zero-order chi connectivity index (χ0) is 18.7. The fourth-order valence-corrected chi connectivity index (χ4v) is 3.04. The standard InChI is InChI=1S/C18H22F3N3O2/c1-12(2)25-17-9-15(26-18(19,20)21)3-4-16(17)13-10-23-24(11-13)14-5-7-22-8-6-14/h3-4,9-12,14,22H,5-8H2,1-2H3. The van der Waals surface area contributed by atoms with E-state index in [9.17, 15) is 13.2 Å². The van der Waals surface area contributed by atoms with Gasteiger partial charge in [0.15, 0.2) is 0 Å². The second kappa shape index (κ2) is 7.57. The largest absolute Gasteiger partial charge is 0.573 e. The van der Waals surface area contributed by atoms with Crippen molar-refractivity contribution in [3.8, 4) is 22.6 Å². The third-order valence-electron chi connectivity index (χ3n) is 4.14. The molecule has 3 rings (SSSR count). The highest BCUT2D eigenvalue weighted by Crippen LogP contribution is 2.36. The van der Waals surface area contributed by atoms with Crippen molar-refractivity contribution in [1.82, 2.24) is 15.1 Å². The van der Waals surface area contributed by atoms with Crippen LogP contribution >= 0.6 is 0 Å². The lowest BCUT2D eigenvalue weighted by Crippen LogP contribution is -2.29. The van der Waals surface area contributed by atoms with Gasteiger partial charge in [0.1, 0.15) is 11.5 Å². The molecule has 1 N–H and O–H groups in total. The molecule has 2 heterocycles. The van der Waals surface area contributed by atoms with Crippen molar-refractivity contribution in [2.24, 2.45) is 0 Å². The number of rotatable bonds is 5. The summed E-state index contributed by atoms with van der Waals surface area (Å²) in [5.41, 5.74) is 1.49. The Morgan fingerprint density at radius 1 is 1.23 bits per heavy atom. The molecule has 1 saturated heterocycles. The second-order valence-electron chi connectivity index (χ2n) is 6.56.